The highest BCUT2D eigenvalue weighted by molar-refractivity contribution is 5.27. The number of likely N-dealkylation sites (tertiary alicyclic amines) is 1. The number of ether oxygens (including phenoxy) is 3. The first kappa shape index (κ1) is 24.3. The van der Waals surface area contributed by atoms with E-state index in [1.54, 1.807) is 6.20 Å². The Bertz CT molecular complexity index is 973. The Morgan fingerprint density at radius 2 is 1.71 bits per heavy atom. The fourth-order valence-corrected chi connectivity index (χ4v) is 4.44. The van der Waals surface area contributed by atoms with Crippen molar-refractivity contribution < 1.29 is 14.2 Å². The summed E-state index contributed by atoms with van der Waals surface area (Å²) in [6, 6.07) is 18.7. The molecule has 1 atom stereocenters. The molecule has 6 heteroatoms. The zero-order valence-electron chi connectivity index (χ0n) is 20.5. The van der Waals surface area contributed by atoms with E-state index in [-0.39, 0.29) is 5.60 Å². The highest BCUT2D eigenvalue weighted by Crippen LogP contribution is 2.28. The number of aromatic nitrogens is 2. The van der Waals surface area contributed by atoms with Crippen LogP contribution in [0.5, 0.6) is 11.5 Å². The lowest BCUT2D eigenvalue weighted by atomic mass is 9.95. The predicted molar refractivity (Wildman–Crippen MR) is 134 cm³/mol. The van der Waals surface area contributed by atoms with Crippen LogP contribution in [0.25, 0.3) is 0 Å². The third-order valence-corrected chi connectivity index (χ3v) is 6.64. The van der Waals surface area contributed by atoms with Gasteiger partial charge in [-0.1, -0.05) is 29.8 Å². The predicted octanol–water partition coefficient (Wildman–Crippen LogP) is 5.11. The number of aryl methyl sites for hydroxylation is 2. The van der Waals surface area contributed by atoms with Crippen molar-refractivity contribution in [2.75, 3.05) is 33.4 Å². The molecule has 2 heterocycles. The fraction of sp³-hybridized carbons (Fsp3) is 0.464. The molecule has 2 aromatic carbocycles. The van der Waals surface area contributed by atoms with Crippen LogP contribution < -0.4 is 9.47 Å². The molecular weight excluding hydrogens is 426 g/mol. The van der Waals surface area contributed by atoms with Gasteiger partial charge in [-0.2, -0.15) is 5.10 Å². The van der Waals surface area contributed by atoms with E-state index in [1.807, 2.05) is 36.2 Å². The largest absolute Gasteiger partial charge is 0.494 e. The summed E-state index contributed by atoms with van der Waals surface area (Å²) in [6.45, 7) is 7.25. The van der Waals surface area contributed by atoms with Gasteiger partial charge < -0.3 is 14.2 Å². The van der Waals surface area contributed by atoms with Gasteiger partial charge in [0.15, 0.2) is 0 Å². The van der Waals surface area contributed by atoms with E-state index in [1.165, 1.54) is 11.1 Å². The van der Waals surface area contributed by atoms with Gasteiger partial charge in [0.1, 0.15) is 23.7 Å². The van der Waals surface area contributed by atoms with Gasteiger partial charge in [0.05, 0.1) is 6.61 Å². The molecule has 1 aromatic heterocycles. The van der Waals surface area contributed by atoms with Crippen LogP contribution in [0, 0.1) is 6.92 Å². The van der Waals surface area contributed by atoms with Gasteiger partial charge in [-0.15, -0.1) is 0 Å². The van der Waals surface area contributed by atoms with Crippen LogP contribution in [0.3, 0.4) is 0 Å². The number of hydrogen-bond donors (Lipinski definition) is 0. The minimum Gasteiger partial charge on any atom is -0.494 e. The Hall–Kier alpha value is -2.83. The molecule has 1 saturated heterocycles. The SMILES string of the molecule is CO[C@]1(COc2ccc(C)cc2)CCCN(Cc2ccc(OCCCn3cccn3)cc2)CC1. The summed E-state index contributed by atoms with van der Waals surface area (Å²) in [6.07, 6.45) is 7.79. The minimum atomic E-state index is -0.229. The Balaban J connectivity index is 1.22. The van der Waals surface area contributed by atoms with E-state index < -0.39 is 0 Å². The van der Waals surface area contributed by atoms with Crippen LogP contribution in [0.4, 0.5) is 0 Å². The van der Waals surface area contributed by atoms with Crippen LogP contribution >= 0.6 is 0 Å². The molecule has 1 aliphatic rings. The van der Waals surface area contributed by atoms with Crippen molar-refractivity contribution in [3.05, 3.63) is 78.1 Å². The standard InChI is InChI=1S/C28H37N3O3/c1-24-6-10-27(11-7-24)34-23-28(32-2)14-3-17-30(20-15-28)22-25-8-12-26(13-9-25)33-21-5-19-31-18-4-16-29-31/h4,6-13,16,18H,3,5,14-15,17,19-23H2,1-2H3/t28-/m1/s1. The minimum absolute atomic E-state index is 0.229. The van der Waals surface area contributed by atoms with Crippen molar-refractivity contribution in [1.82, 2.24) is 14.7 Å². The molecule has 0 N–H and O–H groups in total. The summed E-state index contributed by atoms with van der Waals surface area (Å²) >= 11 is 0. The topological polar surface area (TPSA) is 48.8 Å². The summed E-state index contributed by atoms with van der Waals surface area (Å²) in [5, 5.41) is 4.22. The molecule has 0 unspecified atom stereocenters. The number of hydrogen-bond acceptors (Lipinski definition) is 5. The Morgan fingerprint density at radius 1 is 0.941 bits per heavy atom. The molecule has 182 valence electrons. The first-order chi connectivity index (χ1) is 16.6. The lowest BCUT2D eigenvalue weighted by molar-refractivity contribution is -0.0541. The summed E-state index contributed by atoms with van der Waals surface area (Å²) in [7, 11) is 1.82. The van der Waals surface area contributed by atoms with E-state index in [4.69, 9.17) is 14.2 Å². The number of benzene rings is 2. The van der Waals surface area contributed by atoms with Crippen molar-refractivity contribution in [1.29, 1.82) is 0 Å². The summed E-state index contributed by atoms with van der Waals surface area (Å²) in [4.78, 5) is 2.52. The zero-order valence-corrected chi connectivity index (χ0v) is 20.5. The number of methoxy groups -OCH3 is 1. The van der Waals surface area contributed by atoms with Crippen LogP contribution in [0.1, 0.15) is 36.8 Å². The van der Waals surface area contributed by atoms with Gasteiger partial charge in [-0.05, 0) is 68.6 Å². The summed E-state index contributed by atoms with van der Waals surface area (Å²) in [5.74, 6) is 1.83. The third kappa shape index (κ3) is 7.08. The molecular formula is C28H37N3O3. The summed E-state index contributed by atoms with van der Waals surface area (Å²) in [5.41, 5.74) is 2.32. The van der Waals surface area contributed by atoms with Crippen molar-refractivity contribution >= 4 is 0 Å². The quantitative estimate of drug-likeness (QED) is 0.370. The van der Waals surface area contributed by atoms with E-state index in [9.17, 15) is 0 Å². The zero-order chi connectivity index (χ0) is 23.6. The number of nitrogens with zero attached hydrogens (tertiary/aromatic N) is 3. The van der Waals surface area contributed by atoms with Crippen LogP contribution in [-0.4, -0.2) is 53.7 Å². The molecule has 6 nitrogen and oxygen atoms in total. The van der Waals surface area contributed by atoms with E-state index in [2.05, 4.69) is 53.3 Å². The summed E-state index contributed by atoms with van der Waals surface area (Å²) < 4.78 is 20.0. The number of rotatable bonds is 11. The molecule has 0 radical (unpaired) electrons. The maximum absolute atomic E-state index is 6.12. The Labute approximate surface area is 203 Å². The lowest BCUT2D eigenvalue weighted by Gasteiger charge is -2.31. The van der Waals surface area contributed by atoms with Crippen molar-refractivity contribution in [2.45, 2.75) is 51.3 Å². The average molecular weight is 464 g/mol. The highest BCUT2D eigenvalue weighted by Gasteiger charge is 2.33. The van der Waals surface area contributed by atoms with Crippen molar-refractivity contribution in [2.24, 2.45) is 0 Å². The smallest absolute Gasteiger partial charge is 0.119 e. The second-order valence-electron chi connectivity index (χ2n) is 9.23. The molecule has 1 fully saturated rings. The van der Waals surface area contributed by atoms with Gasteiger partial charge >= 0.3 is 0 Å². The molecule has 0 aliphatic carbocycles. The molecule has 0 saturated carbocycles. The highest BCUT2D eigenvalue weighted by atomic mass is 16.5. The second kappa shape index (κ2) is 12.0. The van der Waals surface area contributed by atoms with E-state index in [0.717, 1.165) is 63.4 Å². The maximum Gasteiger partial charge on any atom is 0.119 e. The molecule has 4 rings (SSSR count). The monoisotopic (exact) mass is 463 g/mol. The molecule has 34 heavy (non-hydrogen) atoms. The third-order valence-electron chi connectivity index (χ3n) is 6.64. The first-order valence-corrected chi connectivity index (χ1v) is 12.3. The molecule has 3 aromatic rings. The van der Waals surface area contributed by atoms with Gasteiger partial charge in [-0.3, -0.25) is 9.58 Å². The van der Waals surface area contributed by atoms with E-state index >= 15 is 0 Å². The van der Waals surface area contributed by atoms with Crippen molar-refractivity contribution in [3.8, 4) is 11.5 Å². The maximum atomic E-state index is 6.12. The van der Waals surface area contributed by atoms with Gasteiger partial charge in [0, 0.05) is 45.6 Å². The lowest BCUT2D eigenvalue weighted by Crippen LogP contribution is -2.39. The normalized spacial score (nSPS) is 19.0. The molecule has 0 spiro atoms. The van der Waals surface area contributed by atoms with Crippen LogP contribution in [0.15, 0.2) is 67.0 Å². The fourth-order valence-electron chi connectivity index (χ4n) is 4.44. The Kier molecular flexibility index (Phi) is 8.61. The van der Waals surface area contributed by atoms with Crippen molar-refractivity contribution in [3.63, 3.8) is 0 Å². The molecule has 0 bridgehead atoms. The second-order valence-corrected chi connectivity index (χ2v) is 9.23. The van der Waals surface area contributed by atoms with Gasteiger partial charge in [0.2, 0.25) is 0 Å². The van der Waals surface area contributed by atoms with Crippen LogP contribution in [-0.2, 0) is 17.8 Å². The van der Waals surface area contributed by atoms with Crippen LogP contribution in [0.2, 0.25) is 0 Å². The van der Waals surface area contributed by atoms with Gasteiger partial charge in [0.25, 0.3) is 0 Å². The van der Waals surface area contributed by atoms with E-state index in [0.29, 0.717) is 13.2 Å². The first-order valence-electron chi connectivity index (χ1n) is 12.3. The Morgan fingerprint density at radius 3 is 2.44 bits per heavy atom. The average Bonchev–Trinajstić information content (AvgIpc) is 3.30. The molecule has 1 aliphatic heterocycles. The van der Waals surface area contributed by atoms with Gasteiger partial charge in [-0.25, -0.2) is 0 Å². The molecule has 0 amide bonds.